The number of halogens is 3. The first-order chi connectivity index (χ1) is 7.47. The van der Waals surface area contributed by atoms with Crippen molar-refractivity contribution in [1.29, 1.82) is 0 Å². The maximum Gasteiger partial charge on any atom is 0.343 e. The summed E-state index contributed by atoms with van der Waals surface area (Å²) in [5.41, 5.74) is -1.62. The van der Waals surface area contributed by atoms with Crippen LogP contribution in [0, 0.1) is 3.57 Å². The Morgan fingerprint density at radius 1 is 1.62 bits per heavy atom. The highest BCUT2D eigenvalue weighted by atomic mass is 127. The van der Waals surface area contributed by atoms with Gasteiger partial charge in [-0.25, -0.2) is 13.6 Å². The van der Waals surface area contributed by atoms with Gasteiger partial charge in [-0.2, -0.15) is 0 Å². The lowest BCUT2D eigenvalue weighted by atomic mass is 10.2. The van der Waals surface area contributed by atoms with Crippen molar-refractivity contribution in [2.45, 2.75) is 13.3 Å². The van der Waals surface area contributed by atoms with Gasteiger partial charge in [-0.1, -0.05) is 0 Å². The van der Waals surface area contributed by atoms with Crippen molar-refractivity contribution in [3.63, 3.8) is 0 Å². The van der Waals surface area contributed by atoms with Crippen LogP contribution in [0.2, 0.25) is 0 Å². The lowest BCUT2D eigenvalue weighted by Gasteiger charge is -2.05. The number of hydrogen-bond donors (Lipinski definition) is 1. The van der Waals surface area contributed by atoms with Crippen LogP contribution >= 0.6 is 22.6 Å². The molecule has 16 heavy (non-hydrogen) atoms. The molecule has 0 bridgehead atoms. The number of nitrogens with one attached hydrogen (secondary N) is 1. The highest BCUT2D eigenvalue weighted by molar-refractivity contribution is 14.1. The molecular formula is C9H8F2INO3. The molecule has 0 spiro atoms. The molecule has 0 aliphatic heterocycles. The third kappa shape index (κ3) is 2.77. The second kappa shape index (κ2) is 5.37. The zero-order chi connectivity index (χ0) is 12.3. The van der Waals surface area contributed by atoms with Gasteiger partial charge < -0.3 is 9.72 Å². The number of hydrogen-bond acceptors (Lipinski definition) is 3. The van der Waals surface area contributed by atoms with Crippen LogP contribution < -0.4 is 5.56 Å². The average Bonchev–Trinajstić information content (AvgIpc) is 2.20. The van der Waals surface area contributed by atoms with E-state index in [0.717, 1.165) is 6.07 Å². The Labute approximate surface area is 103 Å². The number of H-pyrrole nitrogens is 1. The molecule has 4 nitrogen and oxygen atoms in total. The summed E-state index contributed by atoms with van der Waals surface area (Å²) in [6, 6.07) is 1.10. The molecule has 0 aliphatic rings. The Bertz CT molecular complexity index is 459. The average molecular weight is 343 g/mol. The van der Waals surface area contributed by atoms with Crippen molar-refractivity contribution in [3.05, 3.63) is 31.2 Å². The van der Waals surface area contributed by atoms with Gasteiger partial charge >= 0.3 is 5.97 Å². The molecule has 0 fully saturated rings. The fourth-order valence-electron chi connectivity index (χ4n) is 1.04. The third-order valence-corrected chi connectivity index (χ3v) is 2.63. The molecule has 1 rings (SSSR count). The van der Waals surface area contributed by atoms with Crippen LogP contribution in [-0.4, -0.2) is 17.6 Å². The number of esters is 1. The van der Waals surface area contributed by atoms with Crippen molar-refractivity contribution in [3.8, 4) is 0 Å². The van der Waals surface area contributed by atoms with Gasteiger partial charge in [0.05, 0.1) is 12.3 Å². The summed E-state index contributed by atoms with van der Waals surface area (Å²) in [5.74, 6) is -0.817. The number of rotatable bonds is 3. The van der Waals surface area contributed by atoms with Gasteiger partial charge in [0, 0.05) is 3.57 Å². The Morgan fingerprint density at radius 2 is 2.25 bits per heavy atom. The molecule has 88 valence electrons. The lowest BCUT2D eigenvalue weighted by Crippen LogP contribution is -2.22. The van der Waals surface area contributed by atoms with Crippen molar-refractivity contribution in [2.75, 3.05) is 6.61 Å². The number of pyridine rings is 1. The largest absolute Gasteiger partial charge is 0.462 e. The van der Waals surface area contributed by atoms with E-state index in [1.54, 1.807) is 29.5 Å². The van der Waals surface area contributed by atoms with E-state index in [0.29, 0.717) is 0 Å². The van der Waals surface area contributed by atoms with Gasteiger partial charge in [0.15, 0.2) is 0 Å². The van der Waals surface area contributed by atoms with Gasteiger partial charge in [-0.05, 0) is 35.6 Å². The lowest BCUT2D eigenvalue weighted by molar-refractivity contribution is 0.0523. The summed E-state index contributed by atoms with van der Waals surface area (Å²) in [5, 5.41) is 0. The molecule has 1 aromatic heterocycles. The third-order valence-electron chi connectivity index (χ3n) is 1.73. The molecule has 0 radical (unpaired) electrons. The highest BCUT2D eigenvalue weighted by Crippen LogP contribution is 2.21. The van der Waals surface area contributed by atoms with Crippen molar-refractivity contribution >= 4 is 28.6 Å². The Hall–Kier alpha value is -0.990. The minimum atomic E-state index is -2.78. The minimum absolute atomic E-state index is 0.117. The number of alkyl halides is 2. The SMILES string of the molecule is CCOC(=O)c1cc(I)c(C(F)F)[nH]c1=O. The maximum atomic E-state index is 12.4. The van der Waals surface area contributed by atoms with Gasteiger partial charge in [0.1, 0.15) is 5.56 Å². The number of aromatic amines is 1. The predicted molar refractivity (Wildman–Crippen MR) is 60.7 cm³/mol. The molecular weight excluding hydrogens is 335 g/mol. The molecule has 0 saturated carbocycles. The van der Waals surface area contributed by atoms with E-state index >= 15 is 0 Å². The second-order valence-electron chi connectivity index (χ2n) is 2.79. The van der Waals surface area contributed by atoms with E-state index < -0.39 is 23.6 Å². The summed E-state index contributed by atoms with van der Waals surface area (Å²) in [6.07, 6.45) is -2.78. The summed E-state index contributed by atoms with van der Waals surface area (Å²) < 4.78 is 29.5. The number of aromatic nitrogens is 1. The van der Waals surface area contributed by atoms with E-state index in [4.69, 9.17) is 0 Å². The summed E-state index contributed by atoms with van der Waals surface area (Å²) in [6.45, 7) is 1.70. The predicted octanol–water partition coefficient (Wildman–Crippen LogP) is 2.09. The van der Waals surface area contributed by atoms with E-state index in [1.165, 1.54) is 0 Å². The van der Waals surface area contributed by atoms with Crippen LogP contribution in [0.25, 0.3) is 0 Å². The molecule has 0 aromatic carbocycles. The standard InChI is InChI=1S/C9H8F2INO3/c1-2-16-9(15)4-3-5(12)6(7(10)11)13-8(4)14/h3,7H,2H2,1H3,(H,13,14). The molecule has 0 amide bonds. The van der Waals surface area contributed by atoms with Crippen LogP contribution in [0.3, 0.4) is 0 Å². The first kappa shape index (κ1) is 13.1. The monoisotopic (exact) mass is 343 g/mol. The molecule has 1 aromatic rings. The van der Waals surface area contributed by atoms with Gasteiger partial charge in [0.25, 0.3) is 12.0 Å². The first-order valence-corrected chi connectivity index (χ1v) is 5.43. The minimum Gasteiger partial charge on any atom is -0.462 e. The molecule has 0 aliphatic carbocycles. The maximum absolute atomic E-state index is 12.4. The van der Waals surface area contributed by atoms with Gasteiger partial charge in [0.2, 0.25) is 0 Å². The number of ether oxygens (including phenoxy) is 1. The van der Waals surface area contributed by atoms with Crippen molar-refractivity contribution in [1.82, 2.24) is 4.98 Å². The number of carbonyl (C=O) groups is 1. The van der Waals surface area contributed by atoms with E-state index in [1.807, 2.05) is 4.98 Å². The molecule has 0 saturated heterocycles. The Morgan fingerprint density at radius 3 is 2.75 bits per heavy atom. The molecule has 1 heterocycles. The Kier molecular flexibility index (Phi) is 4.39. The van der Waals surface area contributed by atoms with E-state index in [2.05, 4.69) is 4.74 Å². The van der Waals surface area contributed by atoms with Crippen molar-refractivity contribution < 1.29 is 18.3 Å². The summed E-state index contributed by atoms with van der Waals surface area (Å²) in [7, 11) is 0. The molecule has 0 atom stereocenters. The zero-order valence-electron chi connectivity index (χ0n) is 8.22. The van der Waals surface area contributed by atoms with Gasteiger partial charge in [-0.3, -0.25) is 4.79 Å². The van der Waals surface area contributed by atoms with Crippen LogP contribution in [0.15, 0.2) is 10.9 Å². The van der Waals surface area contributed by atoms with Crippen LogP contribution in [0.1, 0.15) is 29.4 Å². The van der Waals surface area contributed by atoms with Crippen molar-refractivity contribution in [2.24, 2.45) is 0 Å². The first-order valence-electron chi connectivity index (χ1n) is 4.35. The Balaban J connectivity index is 3.21. The fourth-order valence-corrected chi connectivity index (χ4v) is 1.72. The topological polar surface area (TPSA) is 59.2 Å². The summed E-state index contributed by atoms with van der Waals surface area (Å²) >= 11 is 1.62. The molecule has 7 heteroatoms. The normalized spacial score (nSPS) is 10.6. The van der Waals surface area contributed by atoms with Crippen LogP contribution in [-0.2, 0) is 4.74 Å². The highest BCUT2D eigenvalue weighted by Gasteiger charge is 2.18. The van der Waals surface area contributed by atoms with Gasteiger partial charge in [-0.15, -0.1) is 0 Å². The van der Waals surface area contributed by atoms with E-state index in [9.17, 15) is 18.4 Å². The quantitative estimate of drug-likeness (QED) is 0.676. The molecule has 0 unspecified atom stereocenters. The zero-order valence-corrected chi connectivity index (χ0v) is 10.4. The fraction of sp³-hybridized carbons (Fsp3) is 0.333. The second-order valence-corrected chi connectivity index (χ2v) is 3.96. The van der Waals surface area contributed by atoms with E-state index in [-0.39, 0.29) is 15.7 Å². The van der Waals surface area contributed by atoms with Crippen LogP contribution in [0.4, 0.5) is 8.78 Å². The summed E-state index contributed by atoms with van der Waals surface area (Å²) in [4.78, 5) is 24.6. The smallest absolute Gasteiger partial charge is 0.343 e. The van der Waals surface area contributed by atoms with Crippen LogP contribution in [0.5, 0.6) is 0 Å². The molecule has 1 N–H and O–H groups in total. The number of carbonyl (C=O) groups excluding carboxylic acids is 1.